The number of hydrogen-bond acceptors (Lipinski definition) is 4. The lowest BCUT2D eigenvalue weighted by molar-refractivity contribution is 0.0926. The van der Waals surface area contributed by atoms with Crippen molar-refractivity contribution in [2.75, 3.05) is 11.9 Å². The van der Waals surface area contributed by atoms with Gasteiger partial charge >= 0.3 is 0 Å². The highest BCUT2D eigenvalue weighted by atomic mass is 32.1. The third-order valence-corrected chi connectivity index (χ3v) is 6.66. The lowest BCUT2D eigenvalue weighted by Gasteiger charge is -2.30. The van der Waals surface area contributed by atoms with Gasteiger partial charge in [0.05, 0.1) is 6.61 Å². The molecule has 1 heterocycles. The lowest BCUT2D eigenvalue weighted by atomic mass is 9.90. The van der Waals surface area contributed by atoms with Crippen molar-refractivity contribution in [1.82, 2.24) is 5.32 Å². The van der Waals surface area contributed by atoms with Crippen molar-refractivity contribution in [3.8, 4) is 0 Å². The van der Waals surface area contributed by atoms with Gasteiger partial charge in [0.25, 0.3) is 5.91 Å². The normalized spacial score (nSPS) is 17.8. The number of thiophene rings is 1. The molecule has 1 aromatic heterocycles. The maximum Gasteiger partial charge on any atom is 0.251 e. The molecule has 4 rings (SSSR count). The first-order chi connectivity index (χ1) is 14.6. The molecular weight excluding hydrogens is 463 g/mol. The third-order valence-electron chi connectivity index (χ3n) is 5.59. The quantitative estimate of drug-likeness (QED) is 0.426. The molecule has 4 nitrogen and oxygen atoms in total. The topological polar surface area (TPSA) is 50.4 Å². The van der Waals surface area contributed by atoms with E-state index in [9.17, 15) is 9.18 Å². The maximum atomic E-state index is 13.0. The highest BCUT2D eigenvalue weighted by molar-refractivity contribution is 7.59. The summed E-state index contributed by atoms with van der Waals surface area (Å²) >= 11 is 1.78. The summed E-state index contributed by atoms with van der Waals surface area (Å²) in [6.07, 6.45) is 3.86. The summed E-state index contributed by atoms with van der Waals surface area (Å²) in [5.41, 5.74) is 1.67. The molecule has 1 amide bonds. The van der Waals surface area contributed by atoms with Crippen molar-refractivity contribution in [3.63, 3.8) is 0 Å². The lowest BCUT2D eigenvalue weighted by Crippen LogP contribution is -2.40. The Morgan fingerprint density at radius 2 is 1.75 bits per heavy atom. The molecule has 32 heavy (non-hydrogen) atoms. The Bertz CT molecular complexity index is 1000. The molecule has 2 N–H and O–H groups in total. The van der Waals surface area contributed by atoms with Crippen LogP contribution in [0, 0.1) is 5.82 Å². The highest BCUT2D eigenvalue weighted by Gasteiger charge is 2.23. The van der Waals surface area contributed by atoms with Gasteiger partial charge in [-0.25, -0.2) is 4.39 Å². The summed E-state index contributed by atoms with van der Waals surface area (Å²) in [6, 6.07) is 14.9. The summed E-state index contributed by atoms with van der Waals surface area (Å²) in [5.74, 6) is -0.458. The molecule has 2 aromatic carbocycles. The molecule has 0 spiro atoms. The molecule has 1 aliphatic carbocycles. The van der Waals surface area contributed by atoms with Gasteiger partial charge in [-0.05, 0) is 75.1 Å². The van der Waals surface area contributed by atoms with Crippen LogP contribution in [0.4, 0.5) is 10.1 Å². The van der Waals surface area contributed by atoms with Gasteiger partial charge in [0.2, 0.25) is 0 Å². The Labute approximate surface area is 206 Å². The van der Waals surface area contributed by atoms with E-state index >= 15 is 0 Å². The molecule has 174 valence electrons. The number of amides is 1. The summed E-state index contributed by atoms with van der Waals surface area (Å²) in [5, 5.41) is 8.06. The van der Waals surface area contributed by atoms with Gasteiger partial charge in [-0.2, -0.15) is 27.0 Å². The number of nitrogens with one attached hydrogen (secondary N) is 2. The monoisotopic (exact) mass is 494 g/mol. The Balaban J connectivity index is 0.00000181. The number of carbonyl (C=O) groups is 1. The van der Waals surface area contributed by atoms with Crippen LogP contribution in [0.5, 0.6) is 0 Å². The van der Waals surface area contributed by atoms with Crippen molar-refractivity contribution in [3.05, 3.63) is 64.8 Å². The van der Waals surface area contributed by atoms with Crippen LogP contribution in [0.15, 0.2) is 48.5 Å². The fraction of sp³-hybridized carbons (Fsp3) is 0.375. The summed E-state index contributed by atoms with van der Waals surface area (Å²) in [6.45, 7) is 3.40. The van der Waals surface area contributed by atoms with E-state index in [2.05, 4.69) is 34.9 Å². The van der Waals surface area contributed by atoms with E-state index in [1.54, 1.807) is 11.3 Å². The molecule has 0 unspecified atom stereocenters. The zero-order valence-corrected chi connectivity index (χ0v) is 20.9. The van der Waals surface area contributed by atoms with E-state index in [0.717, 1.165) is 32.3 Å². The first kappa shape index (κ1) is 26.5. The summed E-state index contributed by atoms with van der Waals surface area (Å²) in [4.78, 5) is 13.6. The molecule has 0 atom stereocenters. The minimum atomic E-state index is -0.330. The van der Waals surface area contributed by atoms with Crippen LogP contribution in [0.1, 0.15) is 47.8 Å². The standard InChI is InChI=1S/C24H27FN2O2S.2H2S/c1-2-29-15-20-14-21-22(4-3-5-23(21)30-20)26-18-10-12-19(13-11-18)27-24(28)16-6-8-17(25)9-7-16;;/h3-9,14,18-19,26H,2,10-13,15H2,1H3,(H,27,28);2*1H2. The van der Waals surface area contributed by atoms with Crippen LogP contribution in [-0.2, 0) is 11.3 Å². The minimum Gasteiger partial charge on any atom is -0.382 e. The van der Waals surface area contributed by atoms with E-state index < -0.39 is 0 Å². The number of ether oxygens (including phenoxy) is 1. The molecule has 0 aliphatic heterocycles. The van der Waals surface area contributed by atoms with Crippen molar-refractivity contribution >= 4 is 60.0 Å². The van der Waals surface area contributed by atoms with Crippen LogP contribution in [0.3, 0.4) is 0 Å². The number of hydrogen-bond donors (Lipinski definition) is 2. The number of rotatable bonds is 7. The van der Waals surface area contributed by atoms with Gasteiger partial charge in [-0.3, -0.25) is 4.79 Å². The number of carbonyl (C=O) groups excluding carboxylic acids is 1. The fourth-order valence-corrected chi connectivity index (χ4v) is 5.01. The van der Waals surface area contributed by atoms with Crippen LogP contribution < -0.4 is 10.6 Å². The van der Waals surface area contributed by atoms with Crippen molar-refractivity contribution in [2.45, 2.75) is 51.3 Å². The van der Waals surface area contributed by atoms with Crippen LogP contribution in [-0.4, -0.2) is 24.6 Å². The molecular formula is C24H31FN2O2S3. The molecule has 0 bridgehead atoms. The predicted molar refractivity (Wildman–Crippen MR) is 141 cm³/mol. The van der Waals surface area contributed by atoms with E-state index in [0.29, 0.717) is 18.2 Å². The molecule has 1 fully saturated rings. The van der Waals surface area contributed by atoms with Gasteiger partial charge in [0.1, 0.15) is 5.82 Å². The van der Waals surface area contributed by atoms with Crippen LogP contribution in [0.2, 0.25) is 0 Å². The van der Waals surface area contributed by atoms with Crippen molar-refractivity contribution in [2.24, 2.45) is 0 Å². The van der Waals surface area contributed by atoms with E-state index in [-0.39, 0.29) is 44.8 Å². The number of anilines is 1. The Morgan fingerprint density at radius 3 is 2.44 bits per heavy atom. The SMILES string of the molecule is CCOCc1cc2c(NC3CCC(NC(=O)c4ccc(F)cc4)CC3)cccc2s1.S.S. The Kier molecular flexibility index (Phi) is 10.3. The molecule has 8 heteroatoms. The number of benzene rings is 2. The molecule has 1 saturated carbocycles. The minimum absolute atomic E-state index is 0. The van der Waals surface area contributed by atoms with E-state index in [1.165, 1.54) is 44.9 Å². The zero-order chi connectivity index (χ0) is 20.9. The second kappa shape index (κ2) is 12.5. The van der Waals surface area contributed by atoms with Crippen molar-refractivity contribution < 1.29 is 13.9 Å². The third kappa shape index (κ3) is 6.63. The first-order valence-corrected chi connectivity index (χ1v) is 11.4. The zero-order valence-electron chi connectivity index (χ0n) is 18.1. The van der Waals surface area contributed by atoms with Crippen LogP contribution in [0.25, 0.3) is 10.1 Å². The molecule has 1 aliphatic rings. The van der Waals surface area contributed by atoms with Gasteiger partial charge in [0, 0.05) is 44.9 Å². The van der Waals surface area contributed by atoms with E-state index in [1.807, 2.05) is 6.92 Å². The Morgan fingerprint density at radius 1 is 1.06 bits per heavy atom. The first-order valence-electron chi connectivity index (χ1n) is 10.5. The smallest absolute Gasteiger partial charge is 0.251 e. The maximum absolute atomic E-state index is 13.0. The summed E-state index contributed by atoms with van der Waals surface area (Å²) in [7, 11) is 0. The highest BCUT2D eigenvalue weighted by Crippen LogP contribution is 2.33. The van der Waals surface area contributed by atoms with Gasteiger partial charge in [0.15, 0.2) is 0 Å². The Hall–Kier alpha value is -1.74. The largest absolute Gasteiger partial charge is 0.382 e. The van der Waals surface area contributed by atoms with Crippen LogP contribution >= 0.6 is 38.3 Å². The number of fused-ring (bicyclic) bond motifs is 1. The van der Waals surface area contributed by atoms with Gasteiger partial charge < -0.3 is 15.4 Å². The van der Waals surface area contributed by atoms with Gasteiger partial charge in [-0.15, -0.1) is 11.3 Å². The summed E-state index contributed by atoms with van der Waals surface area (Å²) < 4.78 is 19.9. The number of halogens is 1. The average molecular weight is 495 g/mol. The molecule has 0 radical (unpaired) electrons. The second-order valence-corrected chi connectivity index (χ2v) is 8.91. The molecule has 0 saturated heterocycles. The fourth-order valence-electron chi connectivity index (χ4n) is 3.99. The van der Waals surface area contributed by atoms with Gasteiger partial charge in [-0.1, -0.05) is 6.07 Å². The van der Waals surface area contributed by atoms with Crippen molar-refractivity contribution in [1.29, 1.82) is 0 Å². The average Bonchev–Trinajstić information content (AvgIpc) is 3.18. The predicted octanol–water partition coefficient (Wildman–Crippen LogP) is 5.96. The second-order valence-electron chi connectivity index (χ2n) is 7.74. The van der Waals surface area contributed by atoms with E-state index in [4.69, 9.17) is 4.74 Å². The molecule has 3 aromatic rings.